The molecule has 0 amide bonds. The summed E-state index contributed by atoms with van der Waals surface area (Å²) in [5.74, 6) is 1.86. The first-order chi connectivity index (χ1) is 41.4. The van der Waals surface area contributed by atoms with E-state index in [1.165, 1.54) is 11.1 Å². The van der Waals surface area contributed by atoms with E-state index in [9.17, 15) is 0 Å². The van der Waals surface area contributed by atoms with E-state index >= 15 is 0 Å². The number of anilines is 6. The van der Waals surface area contributed by atoms with E-state index in [4.69, 9.17) is 18.8 Å². The van der Waals surface area contributed by atoms with E-state index in [2.05, 4.69) is 226 Å². The van der Waals surface area contributed by atoms with E-state index in [1.807, 2.05) is 97.1 Å². The Kier molecular flexibility index (Phi) is 13.5. The fraction of sp³-hybridized carbons (Fsp3) is 0.0270. The molecule has 0 unspecified atom stereocenters. The van der Waals surface area contributed by atoms with Crippen molar-refractivity contribution in [2.45, 2.75) is 13.8 Å². The third kappa shape index (κ3) is 10.3. The summed E-state index contributed by atoms with van der Waals surface area (Å²) in [5, 5.41) is 17.5. The van der Waals surface area contributed by atoms with Crippen LogP contribution in [0.3, 0.4) is 0 Å². The lowest BCUT2D eigenvalue weighted by Crippen LogP contribution is -2.10. The highest BCUT2D eigenvalue weighted by molar-refractivity contribution is 5.96. The van der Waals surface area contributed by atoms with Crippen molar-refractivity contribution in [3.05, 3.63) is 290 Å². The Morgan fingerprint density at radius 2 is 0.500 bits per heavy atom. The van der Waals surface area contributed by atoms with Gasteiger partial charge in [-0.1, -0.05) is 157 Å². The van der Waals surface area contributed by atoms with Gasteiger partial charge < -0.3 is 18.6 Å². The van der Waals surface area contributed by atoms with Crippen LogP contribution >= 0.6 is 0 Å². The highest BCUT2D eigenvalue weighted by atomic mass is 16.4. The summed E-state index contributed by atoms with van der Waals surface area (Å²) < 4.78 is 12.3. The molecule has 400 valence electrons. The lowest BCUT2D eigenvalue weighted by Gasteiger charge is -2.26. The molecular formula is C74H52N8O2. The molecule has 11 aromatic carbocycles. The van der Waals surface area contributed by atoms with Gasteiger partial charge in [-0.3, -0.25) is 0 Å². The highest BCUT2D eigenvalue weighted by Gasteiger charge is 2.22. The summed E-state index contributed by atoms with van der Waals surface area (Å²) in [4.78, 5) is 15.7. The molecule has 0 aliphatic rings. The standard InChI is InChI=1S/C74H52N8O2/c1-49-23-27-51(28-24-49)65-47-67-68(48-66(65)52-29-25-50(2)26-30-52)76-70(54-33-41-62(42-34-54)82(60-21-13-6-14-22-60)64-45-37-58(38-46-64)74-80-78-72(84-74)56-17-9-4-10-18-56)69(75-67)53-31-39-61(40-32-53)81(59-19-11-5-12-20-59)63-43-35-57(36-44-63)73-79-77-71(83-73)55-15-7-3-8-16-55/h3-48H,1-2H3. The van der Waals surface area contributed by atoms with Crippen LogP contribution in [-0.2, 0) is 0 Å². The first-order valence-corrected chi connectivity index (χ1v) is 27.8. The quantitative estimate of drug-likeness (QED) is 0.104. The lowest BCUT2D eigenvalue weighted by atomic mass is 9.92. The first-order valence-electron chi connectivity index (χ1n) is 27.8. The average Bonchev–Trinajstić information content (AvgIpc) is 3.22. The zero-order valence-electron chi connectivity index (χ0n) is 46.0. The molecule has 3 heterocycles. The minimum atomic E-state index is 0.453. The summed E-state index contributed by atoms with van der Waals surface area (Å²) in [6.45, 7) is 4.24. The van der Waals surface area contributed by atoms with Crippen LogP contribution in [0, 0.1) is 13.8 Å². The smallest absolute Gasteiger partial charge is 0.248 e. The number of nitrogens with zero attached hydrogens (tertiary/aromatic N) is 8. The maximum atomic E-state index is 6.14. The number of para-hydroxylation sites is 2. The van der Waals surface area contributed by atoms with Gasteiger partial charge in [-0.25, -0.2) is 9.97 Å². The lowest BCUT2D eigenvalue weighted by molar-refractivity contribution is 0.584. The molecule has 84 heavy (non-hydrogen) atoms. The second-order valence-corrected chi connectivity index (χ2v) is 20.6. The van der Waals surface area contributed by atoms with Gasteiger partial charge in [0.05, 0.1) is 22.4 Å². The van der Waals surface area contributed by atoms with Crippen molar-refractivity contribution in [3.8, 4) is 90.6 Å². The summed E-state index contributed by atoms with van der Waals surface area (Å²) in [7, 11) is 0. The number of aromatic nitrogens is 6. The SMILES string of the molecule is Cc1ccc(-c2cc3nc(-c4ccc(N(c5ccccc5)c5ccc(-c6nnc(-c7ccccc7)o6)cc5)cc4)c(-c4ccc(N(c5ccccc5)c5ccc(-c6nnc(-c7ccccc7)o6)cc5)cc4)nc3cc2-c2ccc(C)cc2)cc1. The predicted octanol–water partition coefficient (Wildman–Crippen LogP) is 19.3. The van der Waals surface area contributed by atoms with Crippen LogP contribution in [0.4, 0.5) is 34.1 Å². The van der Waals surface area contributed by atoms with Crippen molar-refractivity contribution in [2.75, 3.05) is 9.80 Å². The molecule has 3 aromatic heterocycles. The van der Waals surface area contributed by atoms with Crippen LogP contribution in [0.15, 0.2) is 288 Å². The molecule has 14 aromatic rings. The minimum absolute atomic E-state index is 0.453. The van der Waals surface area contributed by atoms with Gasteiger partial charge in [-0.2, -0.15) is 0 Å². The fourth-order valence-corrected chi connectivity index (χ4v) is 10.6. The van der Waals surface area contributed by atoms with Gasteiger partial charge in [0.1, 0.15) is 0 Å². The van der Waals surface area contributed by atoms with Crippen molar-refractivity contribution in [1.82, 2.24) is 30.4 Å². The van der Waals surface area contributed by atoms with Crippen molar-refractivity contribution < 1.29 is 8.83 Å². The number of hydrogen-bond donors (Lipinski definition) is 0. The summed E-state index contributed by atoms with van der Waals surface area (Å²) in [5.41, 5.74) is 21.0. The fourth-order valence-electron chi connectivity index (χ4n) is 10.6. The highest BCUT2D eigenvalue weighted by Crippen LogP contribution is 2.43. The number of hydrogen-bond acceptors (Lipinski definition) is 10. The summed E-state index contributed by atoms with van der Waals surface area (Å²) in [6.07, 6.45) is 0. The van der Waals surface area contributed by atoms with Crippen LogP contribution < -0.4 is 9.80 Å². The van der Waals surface area contributed by atoms with Gasteiger partial charge in [-0.15, -0.1) is 20.4 Å². The minimum Gasteiger partial charge on any atom is -0.416 e. The van der Waals surface area contributed by atoms with Gasteiger partial charge in [0, 0.05) is 67.5 Å². The van der Waals surface area contributed by atoms with Crippen molar-refractivity contribution >= 4 is 45.2 Å². The Balaban J connectivity index is 0.858. The van der Waals surface area contributed by atoms with Crippen molar-refractivity contribution in [3.63, 3.8) is 0 Å². The average molecular weight is 1090 g/mol. The van der Waals surface area contributed by atoms with E-state index < -0.39 is 0 Å². The molecule has 10 nitrogen and oxygen atoms in total. The van der Waals surface area contributed by atoms with E-state index in [-0.39, 0.29) is 0 Å². The Morgan fingerprint density at radius 1 is 0.250 bits per heavy atom. The first kappa shape index (κ1) is 50.8. The molecule has 0 aliphatic heterocycles. The second-order valence-electron chi connectivity index (χ2n) is 20.6. The monoisotopic (exact) mass is 1080 g/mol. The molecular weight excluding hydrogens is 1030 g/mol. The van der Waals surface area contributed by atoms with Crippen molar-refractivity contribution in [2.24, 2.45) is 0 Å². The molecule has 0 bridgehead atoms. The van der Waals surface area contributed by atoms with Gasteiger partial charge in [0.25, 0.3) is 0 Å². The van der Waals surface area contributed by atoms with Crippen LogP contribution in [0.25, 0.3) is 102 Å². The number of aryl methyl sites for hydroxylation is 2. The second kappa shape index (κ2) is 22.3. The Labute approximate surface area is 486 Å². The Hall–Kier alpha value is -11.4. The molecule has 0 radical (unpaired) electrons. The number of fused-ring (bicyclic) bond motifs is 1. The van der Waals surface area contributed by atoms with Crippen LogP contribution in [0.2, 0.25) is 0 Å². The molecule has 0 fully saturated rings. The molecule has 0 atom stereocenters. The van der Waals surface area contributed by atoms with Gasteiger partial charge in [-0.05, 0) is 170 Å². The molecule has 0 saturated heterocycles. The largest absolute Gasteiger partial charge is 0.416 e. The van der Waals surface area contributed by atoms with Crippen LogP contribution in [0.5, 0.6) is 0 Å². The van der Waals surface area contributed by atoms with Crippen LogP contribution in [0.1, 0.15) is 11.1 Å². The van der Waals surface area contributed by atoms with E-state index in [1.54, 1.807) is 0 Å². The molecule has 14 rings (SSSR count). The molecule has 0 aliphatic carbocycles. The maximum Gasteiger partial charge on any atom is 0.248 e. The Bertz CT molecular complexity index is 4260. The maximum absolute atomic E-state index is 6.14. The summed E-state index contributed by atoms with van der Waals surface area (Å²) in [6, 6.07) is 95.8. The zero-order valence-corrected chi connectivity index (χ0v) is 46.0. The molecule has 0 saturated carbocycles. The predicted molar refractivity (Wildman–Crippen MR) is 338 cm³/mol. The normalized spacial score (nSPS) is 11.2. The molecule has 10 heteroatoms. The topological polar surface area (TPSA) is 110 Å². The van der Waals surface area contributed by atoms with Gasteiger partial charge in [0.2, 0.25) is 23.6 Å². The van der Waals surface area contributed by atoms with Gasteiger partial charge in [0.15, 0.2) is 0 Å². The third-order valence-electron chi connectivity index (χ3n) is 15.0. The van der Waals surface area contributed by atoms with E-state index in [0.717, 1.165) is 112 Å². The molecule has 0 spiro atoms. The van der Waals surface area contributed by atoms with E-state index in [0.29, 0.717) is 23.6 Å². The van der Waals surface area contributed by atoms with Crippen LogP contribution in [-0.4, -0.2) is 30.4 Å². The van der Waals surface area contributed by atoms with Crippen molar-refractivity contribution in [1.29, 1.82) is 0 Å². The summed E-state index contributed by atoms with van der Waals surface area (Å²) >= 11 is 0. The van der Waals surface area contributed by atoms with Gasteiger partial charge >= 0.3 is 0 Å². The number of rotatable bonds is 14. The zero-order chi connectivity index (χ0) is 56.3. The number of benzene rings is 11. The molecule has 0 N–H and O–H groups in total. The third-order valence-corrected chi connectivity index (χ3v) is 15.0. The Morgan fingerprint density at radius 3 is 0.810 bits per heavy atom.